The van der Waals surface area contributed by atoms with Crippen LogP contribution in [0.3, 0.4) is 0 Å². The third-order valence-electron chi connectivity index (χ3n) is 6.90. The first kappa shape index (κ1) is 31.1. The fourth-order valence-electron chi connectivity index (χ4n) is 4.89. The predicted octanol–water partition coefficient (Wildman–Crippen LogP) is 4.18. The minimum Gasteiger partial charge on any atom is -0.439 e. The summed E-state index contributed by atoms with van der Waals surface area (Å²) in [4.78, 5) is 17.1. The molecule has 1 aromatic heterocycles. The lowest BCUT2D eigenvalue weighted by Crippen LogP contribution is -2.43. The molecule has 14 heteroatoms. The minimum atomic E-state index is -4.53. The van der Waals surface area contributed by atoms with Gasteiger partial charge >= 0.3 is 12.2 Å². The number of aliphatic imine (C=N–C) groups is 1. The third kappa shape index (κ3) is 7.12. The zero-order valence-corrected chi connectivity index (χ0v) is 24.2. The summed E-state index contributed by atoms with van der Waals surface area (Å²) in [5, 5.41) is 6.37. The fraction of sp³-hybridized carbons (Fsp3) is 0.357. The quantitative estimate of drug-likeness (QED) is 0.261. The molecule has 0 bridgehead atoms. The number of aromatic nitrogens is 1. The molecule has 1 saturated heterocycles. The van der Waals surface area contributed by atoms with E-state index in [1.807, 2.05) is 6.92 Å². The smallest absolute Gasteiger partial charge is 0.416 e. The van der Waals surface area contributed by atoms with Crippen LogP contribution < -0.4 is 21.1 Å². The zero-order valence-electron chi connectivity index (χ0n) is 23.4. The van der Waals surface area contributed by atoms with Gasteiger partial charge in [0.1, 0.15) is 5.75 Å². The Kier molecular flexibility index (Phi) is 9.28. The van der Waals surface area contributed by atoms with Gasteiger partial charge in [0, 0.05) is 54.2 Å². The number of fused-ring (bicyclic) bond motifs is 1. The number of sulfonamides is 1. The maximum Gasteiger partial charge on any atom is 0.416 e. The lowest BCUT2D eigenvalue weighted by Gasteiger charge is -2.26. The minimum absolute atomic E-state index is 0.0131. The van der Waals surface area contributed by atoms with E-state index in [1.54, 1.807) is 18.2 Å². The maximum atomic E-state index is 13.1. The summed E-state index contributed by atoms with van der Waals surface area (Å²) in [6.07, 6.45) is 0.841. The molecule has 4 rings (SSSR count). The number of nitrogens with zero attached hydrogens (tertiary/aromatic N) is 3. The van der Waals surface area contributed by atoms with E-state index in [2.05, 4.69) is 15.6 Å². The number of anilines is 1. The number of ether oxygens (including phenoxy) is 1. The van der Waals surface area contributed by atoms with Gasteiger partial charge in [0.25, 0.3) is 0 Å². The molecule has 1 unspecified atom stereocenters. The van der Waals surface area contributed by atoms with Gasteiger partial charge in [-0.3, -0.25) is 9.56 Å². The molecule has 0 spiro atoms. The number of aryl methyl sites for hydroxylation is 1. The Bertz CT molecular complexity index is 1630. The molecule has 0 saturated carbocycles. The summed E-state index contributed by atoms with van der Waals surface area (Å²) in [6.45, 7) is 3.16. The molecule has 3 aromatic rings. The van der Waals surface area contributed by atoms with Crippen LogP contribution in [0.4, 0.5) is 23.7 Å². The van der Waals surface area contributed by atoms with Crippen molar-refractivity contribution in [1.29, 1.82) is 0 Å². The number of rotatable bonds is 8. The van der Waals surface area contributed by atoms with E-state index < -0.39 is 27.8 Å². The predicted molar refractivity (Wildman–Crippen MR) is 156 cm³/mol. The van der Waals surface area contributed by atoms with E-state index in [0.717, 1.165) is 30.5 Å². The van der Waals surface area contributed by atoms with Crippen LogP contribution in [0.25, 0.3) is 10.9 Å². The number of nitrogens with one attached hydrogen (secondary N) is 2. The molecule has 42 heavy (non-hydrogen) atoms. The lowest BCUT2D eigenvalue weighted by molar-refractivity contribution is -0.137. The Morgan fingerprint density at radius 1 is 1.29 bits per heavy atom. The number of nitrogens with two attached hydrogens (primary N) is 1. The number of halogens is 3. The van der Waals surface area contributed by atoms with Crippen LogP contribution >= 0.6 is 0 Å². The fourth-order valence-corrected chi connectivity index (χ4v) is 6.00. The van der Waals surface area contributed by atoms with Gasteiger partial charge < -0.3 is 21.1 Å². The van der Waals surface area contributed by atoms with Crippen LogP contribution in [0, 0.1) is 0 Å². The Morgan fingerprint density at radius 3 is 2.67 bits per heavy atom. The van der Waals surface area contributed by atoms with Crippen LogP contribution in [0.5, 0.6) is 5.75 Å². The highest BCUT2D eigenvalue weighted by atomic mass is 32.2. The molecule has 0 aliphatic carbocycles. The van der Waals surface area contributed by atoms with Gasteiger partial charge in [0.2, 0.25) is 15.9 Å². The highest BCUT2D eigenvalue weighted by molar-refractivity contribution is 7.88. The van der Waals surface area contributed by atoms with E-state index in [-0.39, 0.29) is 29.9 Å². The molecule has 2 heterocycles. The Labute approximate surface area is 242 Å². The number of carbonyl (C=O) groups is 1. The number of amides is 1. The topological polar surface area (TPSA) is 131 Å². The number of hydrogen-bond acceptors (Lipinski definition) is 7. The van der Waals surface area contributed by atoms with Crippen molar-refractivity contribution in [2.24, 2.45) is 10.7 Å². The van der Waals surface area contributed by atoms with Crippen molar-refractivity contribution >= 4 is 38.5 Å². The highest BCUT2D eigenvalue weighted by Gasteiger charge is 2.31. The monoisotopic (exact) mass is 606 g/mol. The molecule has 2 aromatic carbocycles. The Balaban J connectivity index is 1.55. The summed E-state index contributed by atoms with van der Waals surface area (Å²) < 4.78 is 72.8. The third-order valence-corrected chi connectivity index (χ3v) is 8.18. The first-order valence-electron chi connectivity index (χ1n) is 13.2. The van der Waals surface area contributed by atoms with Crippen molar-refractivity contribution in [3.8, 4) is 5.75 Å². The van der Waals surface area contributed by atoms with E-state index in [0.29, 0.717) is 36.0 Å². The van der Waals surface area contributed by atoms with E-state index in [4.69, 9.17) is 10.5 Å². The van der Waals surface area contributed by atoms with Crippen molar-refractivity contribution < 1.29 is 31.1 Å². The second-order valence-corrected chi connectivity index (χ2v) is 11.8. The molecule has 10 nitrogen and oxygen atoms in total. The van der Waals surface area contributed by atoms with Crippen molar-refractivity contribution in [2.75, 3.05) is 38.3 Å². The first-order valence-corrected chi connectivity index (χ1v) is 15.1. The first-order chi connectivity index (χ1) is 19.8. The van der Waals surface area contributed by atoms with E-state index >= 15 is 0 Å². The number of hydrogen-bond donors (Lipinski definition) is 3. The Hall–Kier alpha value is -3.88. The lowest BCUT2D eigenvalue weighted by atomic mass is 10.1. The van der Waals surface area contributed by atoms with Gasteiger partial charge in [-0.1, -0.05) is 13.0 Å². The molecule has 1 atom stereocenters. The summed E-state index contributed by atoms with van der Waals surface area (Å²) in [5.74, 6) is 0.631. The summed E-state index contributed by atoms with van der Waals surface area (Å²) in [6, 6.07) is 8.64. The average Bonchev–Trinajstić information content (AvgIpc) is 3.61. The second-order valence-electron chi connectivity index (χ2n) is 9.86. The molecule has 4 N–H and O–H groups in total. The molecule has 1 aliphatic heterocycles. The molecular formula is C28H33F3N6O4S. The van der Waals surface area contributed by atoms with Gasteiger partial charge in [0.15, 0.2) is 0 Å². The molecule has 1 fully saturated rings. The summed E-state index contributed by atoms with van der Waals surface area (Å²) in [7, 11) is -1.99. The molecule has 0 radical (unpaired) electrons. The number of carbonyl (C=O) groups excluding carboxylic acids is 1. The molecule has 226 valence electrons. The number of alkyl halides is 3. The normalized spacial score (nSPS) is 16.8. The standard InChI is InChI=1S/C28H33F3N6O4S/c1-4-22-23-11-13-36(27(38)35-20-7-5-6-18(14-20)28(29,30)31)24(23)8-9-25(22)41-26(33-2)15-19(32)17-37(42(3,39)40)21-10-12-34-16-21/h5-9,11,13-15,21,34H,4,10,12,16-17,32H2,1-3H3,(H,35,38)/b19-15-,33-26+. The maximum absolute atomic E-state index is 13.1. The van der Waals surface area contributed by atoms with Gasteiger partial charge in [-0.15, -0.1) is 0 Å². The Morgan fingerprint density at radius 2 is 2.05 bits per heavy atom. The molecule has 1 amide bonds. The summed E-state index contributed by atoms with van der Waals surface area (Å²) in [5.41, 5.74) is 6.92. The van der Waals surface area contributed by atoms with E-state index in [1.165, 1.54) is 40.3 Å². The van der Waals surface area contributed by atoms with Crippen molar-refractivity contribution in [2.45, 2.75) is 32.0 Å². The van der Waals surface area contributed by atoms with Crippen LogP contribution in [0.1, 0.15) is 24.5 Å². The highest BCUT2D eigenvalue weighted by Crippen LogP contribution is 2.32. The van der Waals surface area contributed by atoms with Gasteiger partial charge in [-0.2, -0.15) is 17.5 Å². The van der Waals surface area contributed by atoms with Crippen molar-refractivity contribution in [1.82, 2.24) is 14.2 Å². The van der Waals surface area contributed by atoms with Crippen LogP contribution in [-0.2, 0) is 22.6 Å². The SMILES string of the molecule is CCc1c(OC(/C=C(\N)CN(C2CCNC2)S(C)(=O)=O)=N/C)ccc2c1ccn2C(=O)Nc1cccc(C(F)(F)F)c1. The second kappa shape index (κ2) is 12.5. The largest absolute Gasteiger partial charge is 0.439 e. The van der Waals surface area contributed by atoms with Crippen molar-refractivity contribution in [3.63, 3.8) is 0 Å². The van der Waals surface area contributed by atoms with Crippen LogP contribution in [0.15, 0.2) is 65.4 Å². The molecule has 1 aliphatic rings. The molecular weight excluding hydrogens is 573 g/mol. The van der Waals surface area contributed by atoms with E-state index in [9.17, 15) is 26.4 Å². The number of benzene rings is 2. The van der Waals surface area contributed by atoms with Crippen LogP contribution in [-0.4, -0.2) is 68.2 Å². The van der Waals surface area contributed by atoms with Gasteiger partial charge in [0.05, 0.1) is 23.9 Å². The van der Waals surface area contributed by atoms with Crippen molar-refractivity contribution in [3.05, 3.63) is 71.6 Å². The van der Waals surface area contributed by atoms with Gasteiger partial charge in [-0.05, 0) is 55.8 Å². The average molecular weight is 607 g/mol. The van der Waals surface area contributed by atoms with Crippen LogP contribution in [0.2, 0.25) is 0 Å². The summed E-state index contributed by atoms with van der Waals surface area (Å²) >= 11 is 0. The van der Waals surface area contributed by atoms with Gasteiger partial charge in [-0.25, -0.2) is 13.2 Å². The zero-order chi connectivity index (χ0) is 30.7.